The Morgan fingerprint density at radius 3 is 2.40 bits per heavy atom. The number of amides is 1. The number of likely N-dealkylation sites (tertiary alicyclic amines) is 1. The first kappa shape index (κ1) is 12.3. The lowest BCUT2D eigenvalue weighted by atomic mass is 10.1. The lowest BCUT2D eigenvalue weighted by Crippen LogP contribution is -2.60. The molecule has 1 saturated heterocycles. The minimum absolute atomic E-state index is 0.191. The van der Waals surface area contributed by atoms with E-state index >= 15 is 0 Å². The van der Waals surface area contributed by atoms with Crippen molar-refractivity contribution in [3.63, 3.8) is 0 Å². The molecule has 1 rings (SSSR count). The minimum atomic E-state index is -0.390. The quantitative estimate of drug-likeness (QED) is 0.699. The molecule has 0 N–H and O–H groups in total. The van der Waals surface area contributed by atoms with Crippen molar-refractivity contribution in [2.75, 3.05) is 26.7 Å². The molecule has 0 atom stereocenters. The highest BCUT2D eigenvalue weighted by atomic mass is 16.6. The predicted molar refractivity (Wildman–Crippen MR) is 59.9 cm³/mol. The number of ether oxygens (including phenoxy) is 1. The maximum absolute atomic E-state index is 11.6. The van der Waals surface area contributed by atoms with E-state index in [9.17, 15) is 4.79 Å². The van der Waals surface area contributed by atoms with Crippen molar-refractivity contribution in [1.82, 2.24) is 9.80 Å². The Morgan fingerprint density at radius 2 is 2.00 bits per heavy atom. The molecular formula is C11H22N2O2. The van der Waals surface area contributed by atoms with Gasteiger partial charge in [-0.2, -0.15) is 0 Å². The van der Waals surface area contributed by atoms with Crippen molar-refractivity contribution >= 4 is 6.09 Å². The van der Waals surface area contributed by atoms with E-state index in [0.29, 0.717) is 6.04 Å². The molecule has 0 saturated carbocycles. The van der Waals surface area contributed by atoms with Crippen LogP contribution in [-0.2, 0) is 4.74 Å². The van der Waals surface area contributed by atoms with Crippen molar-refractivity contribution in [1.29, 1.82) is 0 Å². The first-order valence-corrected chi connectivity index (χ1v) is 5.51. The summed E-state index contributed by atoms with van der Waals surface area (Å²) in [5.41, 5.74) is -0.390. The fraction of sp³-hybridized carbons (Fsp3) is 0.909. The molecule has 0 aromatic rings. The number of hydrogen-bond acceptors (Lipinski definition) is 3. The lowest BCUT2D eigenvalue weighted by Gasteiger charge is -2.43. The summed E-state index contributed by atoms with van der Waals surface area (Å²) in [5, 5.41) is 0. The van der Waals surface area contributed by atoms with Crippen LogP contribution in [0.4, 0.5) is 4.79 Å². The summed E-state index contributed by atoms with van der Waals surface area (Å²) < 4.78 is 5.27. The number of nitrogens with zero attached hydrogens (tertiary/aromatic N) is 2. The average molecular weight is 214 g/mol. The maximum Gasteiger partial charge on any atom is 0.410 e. The molecule has 0 aromatic heterocycles. The zero-order valence-corrected chi connectivity index (χ0v) is 10.4. The van der Waals surface area contributed by atoms with Gasteiger partial charge in [0.2, 0.25) is 0 Å². The molecule has 0 radical (unpaired) electrons. The fourth-order valence-electron chi connectivity index (χ4n) is 1.47. The molecule has 4 nitrogen and oxygen atoms in total. The van der Waals surface area contributed by atoms with Crippen molar-refractivity contribution in [2.45, 2.75) is 39.3 Å². The topological polar surface area (TPSA) is 32.8 Å². The Morgan fingerprint density at radius 1 is 1.47 bits per heavy atom. The summed E-state index contributed by atoms with van der Waals surface area (Å²) >= 11 is 0. The highest BCUT2D eigenvalue weighted by Gasteiger charge is 2.35. The molecule has 1 aliphatic rings. The third kappa shape index (κ3) is 3.38. The molecule has 1 aliphatic heterocycles. The van der Waals surface area contributed by atoms with Crippen LogP contribution in [0.2, 0.25) is 0 Å². The van der Waals surface area contributed by atoms with Crippen LogP contribution >= 0.6 is 0 Å². The first-order chi connectivity index (χ1) is 6.83. The predicted octanol–water partition coefficient (Wildman–Crippen LogP) is 1.56. The Balaban J connectivity index is 2.30. The standard InChI is InChI=1S/C11H22N2O2/c1-6-12(5)9-7-13(8-9)10(14)15-11(2,3)4/h9H,6-8H2,1-5H3. The van der Waals surface area contributed by atoms with Gasteiger partial charge < -0.3 is 14.5 Å². The molecule has 0 spiro atoms. The van der Waals surface area contributed by atoms with Gasteiger partial charge in [0.05, 0.1) is 0 Å². The van der Waals surface area contributed by atoms with E-state index in [-0.39, 0.29) is 6.09 Å². The summed E-state index contributed by atoms with van der Waals surface area (Å²) in [5.74, 6) is 0. The summed E-state index contributed by atoms with van der Waals surface area (Å²) in [6, 6.07) is 0.502. The van der Waals surface area contributed by atoms with Crippen LogP contribution in [0.1, 0.15) is 27.7 Å². The smallest absolute Gasteiger partial charge is 0.410 e. The molecule has 15 heavy (non-hydrogen) atoms. The monoisotopic (exact) mass is 214 g/mol. The van der Waals surface area contributed by atoms with E-state index in [0.717, 1.165) is 19.6 Å². The van der Waals surface area contributed by atoms with Gasteiger partial charge >= 0.3 is 6.09 Å². The normalized spacial score (nSPS) is 17.9. The zero-order chi connectivity index (χ0) is 11.6. The summed E-state index contributed by atoms with van der Waals surface area (Å²) in [4.78, 5) is 15.6. The second-order valence-electron chi connectivity index (χ2n) is 5.11. The first-order valence-electron chi connectivity index (χ1n) is 5.51. The van der Waals surface area contributed by atoms with Crippen LogP contribution in [0.5, 0.6) is 0 Å². The van der Waals surface area contributed by atoms with E-state index in [1.165, 1.54) is 0 Å². The lowest BCUT2D eigenvalue weighted by molar-refractivity contribution is -0.01000. The van der Waals surface area contributed by atoms with Gasteiger partial charge in [-0.1, -0.05) is 6.92 Å². The molecule has 4 heteroatoms. The molecule has 1 amide bonds. The molecule has 0 aromatic carbocycles. The van der Waals surface area contributed by atoms with E-state index in [1.807, 2.05) is 20.8 Å². The van der Waals surface area contributed by atoms with Crippen LogP contribution in [0.25, 0.3) is 0 Å². The second kappa shape index (κ2) is 4.39. The fourth-order valence-corrected chi connectivity index (χ4v) is 1.47. The van der Waals surface area contributed by atoms with Gasteiger partial charge in [0.25, 0.3) is 0 Å². The molecule has 0 aliphatic carbocycles. The Hall–Kier alpha value is -0.770. The summed E-state index contributed by atoms with van der Waals surface area (Å²) in [7, 11) is 2.08. The van der Waals surface area contributed by atoms with Gasteiger partial charge in [0, 0.05) is 19.1 Å². The van der Waals surface area contributed by atoms with Crippen LogP contribution in [0.3, 0.4) is 0 Å². The summed E-state index contributed by atoms with van der Waals surface area (Å²) in [6.07, 6.45) is -0.191. The van der Waals surface area contributed by atoms with Gasteiger partial charge in [0.1, 0.15) is 5.60 Å². The Labute approximate surface area is 92.2 Å². The van der Waals surface area contributed by atoms with Gasteiger partial charge in [-0.05, 0) is 34.4 Å². The van der Waals surface area contributed by atoms with E-state index < -0.39 is 5.60 Å². The second-order valence-corrected chi connectivity index (χ2v) is 5.11. The third-order valence-corrected chi connectivity index (χ3v) is 2.64. The number of hydrogen-bond donors (Lipinski definition) is 0. The molecule has 1 heterocycles. The Kier molecular flexibility index (Phi) is 3.60. The summed E-state index contributed by atoms with van der Waals surface area (Å²) in [6.45, 7) is 10.4. The number of carbonyl (C=O) groups excluding carboxylic acids is 1. The largest absolute Gasteiger partial charge is 0.444 e. The highest BCUT2D eigenvalue weighted by Crippen LogP contribution is 2.17. The van der Waals surface area contributed by atoms with Crippen molar-refractivity contribution in [3.8, 4) is 0 Å². The molecule has 0 bridgehead atoms. The maximum atomic E-state index is 11.6. The zero-order valence-electron chi connectivity index (χ0n) is 10.4. The average Bonchev–Trinajstić information content (AvgIpc) is 1.97. The number of rotatable bonds is 2. The molecular weight excluding hydrogens is 192 g/mol. The van der Waals surface area contributed by atoms with Crippen molar-refractivity contribution in [2.24, 2.45) is 0 Å². The van der Waals surface area contributed by atoms with Gasteiger partial charge in [-0.25, -0.2) is 4.79 Å². The van der Waals surface area contributed by atoms with E-state index in [2.05, 4.69) is 18.9 Å². The van der Waals surface area contributed by atoms with Crippen molar-refractivity contribution < 1.29 is 9.53 Å². The molecule has 0 unspecified atom stereocenters. The van der Waals surface area contributed by atoms with Crippen LogP contribution in [0.15, 0.2) is 0 Å². The highest BCUT2D eigenvalue weighted by molar-refractivity contribution is 5.69. The van der Waals surface area contributed by atoms with Crippen molar-refractivity contribution in [3.05, 3.63) is 0 Å². The van der Waals surface area contributed by atoms with Gasteiger partial charge in [-0.3, -0.25) is 0 Å². The molecule has 1 fully saturated rings. The number of likely N-dealkylation sites (N-methyl/N-ethyl adjacent to an activating group) is 1. The Bertz CT molecular complexity index is 229. The van der Waals surface area contributed by atoms with Crippen LogP contribution in [-0.4, -0.2) is 54.2 Å². The SMILES string of the molecule is CCN(C)C1CN(C(=O)OC(C)(C)C)C1. The van der Waals surface area contributed by atoms with E-state index in [1.54, 1.807) is 4.90 Å². The van der Waals surface area contributed by atoms with Crippen LogP contribution < -0.4 is 0 Å². The minimum Gasteiger partial charge on any atom is -0.444 e. The van der Waals surface area contributed by atoms with Gasteiger partial charge in [0.15, 0.2) is 0 Å². The third-order valence-electron chi connectivity index (χ3n) is 2.64. The van der Waals surface area contributed by atoms with Crippen LogP contribution in [0, 0.1) is 0 Å². The number of carbonyl (C=O) groups is 1. The molecule has 88 valence electrons. The van der Waals surface area contributed by atoms with Gasteiger partial charge in [-0.15, -0.1) is 0 Å². The van der Waals surface area contributed by atoms with E-state index in [4.69, 9.17) is 4.74 Å².